The van der Waals surface area contributed by atoms with E-state index in [1.165, 1.54) is 0 Å². The first-order valence-corrected chi connectivity index (χ1v) is 8.48. The van der Waals surface area contributed by atoms with Crippen LogP contribution in [0.4, 0.5) is 0 Å². The molecule has 1 aromatic heterocycles. The van der Waals surface area contributed by atoms with Crippen molar-refractivity contribution in [1.82, 2.24) is 19.6 Å². The van der Waals surface area contributed by atoms with Gasteiger partial charge in [0.25, 0.3) is 0 Å². The van der Waals surface area contributed by atoms with Crippen molar-refractivity contribution in [3.05, 3.63) is 48.3 Å². The summed E-state index contributed by atoms with van der Waals surface area (Å²) in [6.07, 6.45) is 3.80. The summed E-state index contributed by atoms with van der Waals surface area (Å²) in [4.78, 5) is 16.1. The van der Waals surface area contributed by atoms with E-state index < -0.39 is 0 Å². The van der Waals surface area contributed by atoms with Crippen LogP contribution in [0.25, 0.3) is 5.69 Å². The van der Waals surface area contributed by atoms with Gasteiger partial charge in [0.15, 0.2) is 0 Å². The highest BCUT2D eigenvalue weighted by Gasteiger charge is 2.17. The van der Waals surface area contributed by atoms with Crippen molar-refractivity contribution in [3.8, 4) is 11.8 Å². The van der Waals surface area contributed by atoms with Crippen LogP contribution in [0.1, 0.15) is 19.4 Å². The van der Waals surface area contributed by atoms with Gasteiger partial charge in [0.05, 0.1) is 30.4 Å². The van der Waals surface area contributed by atoms with Crippen molar-refractivity contribution < 1.29 is 4.79 Å². The molecule has 0 spiro atoms. The van der Waals surface area contributed by atoms with Crippen molar-refractivity contribution in [2.75, 3.05) is 26.7 Å². The van der Waals surface area contributed by atoms with Crippen molar-refractivity contribution >= 4 is 5.91 Å². The van der Waals surface area contributed by atoms with E-state index in [1.54, 1.807) is 4.90 Å². The highest BCUT2D eigenvalue weighted by Crippen LogP contribution is 2.09. The third-order valence-corrected chi connectivity index (χ3v) is 3.96. The molecule has 6 nitrogen and oxygen atoms in total. The summed E-state index contributed by atoms with van der Waals surface area (Å²) in [5.74, 6) is -0.110. The summed E-state index contributed by atoms with van der Waals surface area (Å²) in [7, 11) is 1.92. The van der Waals surface area contributed by atoms with Crippen molar-refractivity contribution in [3.63, 3.8) is 0 Å². The van der Waals surface area contributed by atoms with Crippen molar-refractivity contribution in [2.45, 2.75) is 20.4 Å². The van der Waals surface area contributed by atoms with Gasteiger partial charge in [-0.2, -0.15) is 10.4 Å². The van der Waals surface area contributed by atoms with Gasteiger partial charge < -0.3 is 4.90 Å². The normalized spacial score (nSPS) is 12.0. The molecule has 0 N–H and O–H groups in total. The Bertz CT molecular complexity index is 719. The zero-order valence-electron chi connectivity index (χ0n) is 15.1. The van der Waals surface area contributed by atoms with Gasteiger partial charge in [-0.05, 0) is 33.0 Å². The number of nitrogens with zero attached hydrogens (tertiary/aromatic N) is 5. The zero-order chi connectivity index (χ0) is 18.2. The third-order valence-electron chi connectivity index (χ3n) is 3.96. The topological polar surface area (TPSA) is 65.2 Å². The molecule has 0 bridgehead atoms. The maximum Gasteiger partial charge on any atom is 0.236 e. The first-order valence-electron chi connectivity index (χ1n) is 8.48. The van der Waals surface area contributed by atoms with E-state index in [0.717, 1.165) is 11.3 Å². The molecule has 25 heavy (non-hydrogen) atoms. The van der Waals surface area contributed by atoms with Gasteiger partial charge in [-0.15, -0.1) is 0 Å². The monoisotopic (exact) mass is 339 g/mol. The van der Waals surface area contributed by atoms with E-state index in [4.69, 9.17) is 5.26 Å². The number of carbonyl (C=O) groups excluding carboxylic acids is 1. The summed E-state index contributed by atoms with van der Waals surface area (Å²) < 4.78 is 1.83. The molecule has 1 aromatic carbocycles. The number of amides is 1. The predicted molar refractivity (Wildman–Crippen MR) is 96.9 cm³/mol. The molecule has 0 aliphatic carbocycles. The Morgan fingerprint density at radius 1 is 1.36 bits per heavy atom. The Morgan fingerprint density at radius 2 is 2.08 bits per heavy atom. The lowest BCUT2D eigenvalue weighted by molar-refractivity contribution is -0.132. The predicted octanol–water partition coefficient (Wildman–Crippen LogP) is 2.31. The standard InChI is InChI=1S/C19H25N5O/c1-4-23(12-16(2)10-20)19(25)15-22(3)13-17-11-21-24(14-17)18-8-6-5-7-9-18/h5-9,11,14,16H,4,12-13,15H2,1-3H3. The molecular formula is C19H25N5O. The maximum atomic E-state index is 12.4. The third kappa shape index (κ3) is 5.44. The second kappa shape index (κ2) is 9.00. The number of benzene rings is 1. The molecule has 0 aliphatic heterocycles. The maximum absolute atomic E-state index is 12.4. The second-order valence-electron chi connectivity index (χ2n) is 6.26. The van der Waals surface area contributed by atoms with Gasteiger partial charge in [-0.25, -0.2) is 4.68 Å². The Balaban J connectivity index is 1.91. The van der Waals surface area contributed by atoms with E-state index in [1.807, 2.05) is 73.2 Å². The Hall–Kier alpha value is -2.65. The molecule has 2 aromatic rings. The SMILES string of the molecule is CCN(CC(C)C#N)C(=O)CN(C)Cc1cnn(-c2ccccc2)c1. The van der Waals surface area contributed by atoms with Gasteiger partial charge in [0.1, 0.15) is 0 Å². The highest BCUT2D eigenvalue weighted by molar-refractivity contribution is 5.78. The molecule has 0 aliphatic rings. The number of hydrogen-bond donors (Lipinski definition) is 0. The molecule has 1 atom stereocenters. The van der Waals surface area contributed by atoms with Crippen LogP contribution < -0.4 is 0 Å². The molecular weight excluding hydrogens is 314 g/mol. The fourth-order valence-corrected chi connectivity index (χ4v) is 2.64. The van der Waals surface area contributed by atoms with Crippen LogP contribution in [0.3, 0.4) is 0 Å². The largest absolute Gasteiger partial charge is 0.341 e. The number of rotatable bonds is 8. The van der Waals surface area contributed by atoms with Crippen LogP contribution in [0.15, 0.2) is 42.7 Å². The van der Waals surface area contributed by atoms with E-state index in [-0.39, 0.29) is 11.8 Å². The average Bonchev–Trinajstić information content (AvgIpc) is 3.08. The summed E-state index contributed by atoms with van der Waals surface area (Å²) in [5, 5.41) is 13.3. The summed E-state index contributed by atoms with van der Waals surface area (Å²) in [6, 6.07) is 12.1. The number of likely N-dealkylation sites (N-methyl/N-ethyl adjacent to an activating group) is 2. The fraction of sp³-hybridized carbons (Fsp3) is 0.421. The highest BCUT2D eigenvalue weighted by atomic mass is 16.2. The number of aromatic nitrogens is 2. The van der Waals surface area contributed by atoms with Gasteiger partial charge in [0.2, 0.25) is 5.91 Å². The Labute approximate surface area is 149 Å². The van der Waals surface area contributed by atoms with E-state index in [2.05, 4.69) is 11.2 Å². The Kier molecular flexibility index (Phi) is 6.72. The lowest BCUT2D eigenvalue weighted by Crippen LogP contribution is -2.40. The molecule has 1 unspecified atom stereocenters. The van der Waals surface area contributed by atoms with Gasteiger partial charge in [0, 0.05) is 31.4 Å². The van der Waals surface area contributed by atoms with Gasteiger partial charge in [-0.1, -0.05) is 18.2 Å². The van der Waals surface area contributed by atoms with E-state index >= 15 is 0 Å². The molecule has 1 heterocycles. The van der Waals surface area contributed by atoms with Crippen molar-refractivity contribution in [2.24, 2.45) is 5.92 Å². The summed E-state index contributed by atoms with van der Waals surface area (Å²) in [5.41, 5.74) is 2.06. The van der Waals surface area contributed by atoms with E-state index in [9.17, 15) is 4.79 Å². The van der Waals surface area contributed by atoms with Crippen LogP contribution in [0.2, 0.25) is 0 Å². The molecule has 1 amide bonds. The van der Waals surface area contributed by atoms with E-state index in [0.29, 0.717) is 26.2 Å². The van der Waals surface area contributed by atoms with Crippen LogP contribution in [-0.2, 0) is 11.3 Å². The molecule has 132 valence electrons. The first-order chi connectivity index (χ1) is 12.0. The molecule has 0 saturated heterocycles. The van der Waals surface area contributed by atoms with Crippen molar-refractivity contribution in [1.29, 1.82) is 5.26 Å². The molecule has 0 saturated carbocycles. The molecule has 0 radical (unpaired) electrons. The lowest BCUT2D eigenvalue weighted by atomic mass is 10.2. The zero-order valence-corrected chi connectivity index (χ0v) is 15.1. The van der Waals surface area contributed by atoms with Crippen LogP contribution in [0.5, 0.6) is 0 Å². The van der Waals surface area contributed by atoms with Crippen LogP contribution in [-0.4, -0.2) is 52.2 Å². The van der Waals surface area contributed by atoms with Crippen LogP contribution in [0, 0.1) is 17.2 Å². The van der Waals surface area contributed by atoms with Crippen LogP contribution >= 0.6 is 0 Å². The number of hydrogen-bond acceptors (Lipinski definition) is 4. The number of carbonyl (C=O) groups is 1. The fourth-order valence-electron chi connectivity index (χ4n) is 2.64. The quantitative estimate of drug-likeness (QED) is 0.740. The first kappa shape index (κ1) is 18.7. The Morgan fingerprint density at radius 3 is 2.72 bits per heavy atom. The molecule has 6 heteroatoms. The second-order valence-corrected chi connectivity index (χ2v) is 6.26. The lowest BCUT2D eigenvalue weighted by Gasteiger charge is -2.25. The minimum absolute atomic E-state index is 0.0440. The number of nitriles is 1. The summed E-state index contributed by atoms with van der Waals surface area (Å²) in [6.45, 7) is 5.83. The minimum atomic E-state index is -0.154. The van der Waals surface area contributed by atoms with Gasteiger partial charge in [-0.3, -0.25) is 9.69 Å². The minimum Gasteiger partial charge on any atom is -0.341 e. The number of para-hydroxylation sites is 1. The molecule has 0 fully saturated rings. The molecule has 2 rings (SSSR count). The smallest absolute Gasteiger partial charge is 0.236 e. The average molecular weight is 339 g/mol. The summed E-state index contributed by atoms with van der Waals surface area (Å²) >= 11 is 0. The van der Waals surface area contributed by atoms with Gasteiger partial charge >= 0.3 is 0 Å².